The molecule has 0 aromatic rings. The largest absolute Gasteiger partial charge is 0.328 e. The number of allylic oxidation sites excluding steroid dienone is 2. The summed E-state index contributed by atoms with van der Waals surface area (Å²) in [6.07, 6.45) is 16.5. The van der Waals surface area contributed by atoms with E-state index in [9.17, 15) is 0 Å². The van der Waals surface area contributed by atoms with Gasteiger partial charge in [-0.3, -0.25) is 0 Å². The van der Waals surface area contributed by atoms with E-state index in [1.54, 1.807) is 0 Å². The van der Waals surface area contributed by atoms with Crippen LogP contribution in [-0.4, -0.2) is 6.04 Å². The second-order valence-corrected chi connectivity index (χ2v) is 7.47. The monoisotopic (exact) mass is 245 g/mol. The zero-order valence-electron chi connectivity index (χ0n) is 11.4. The number of hydrogen-bond donors (Lipinski definition) is 1. The van der Waals surface area contributed by atoms with Crippen LogP contribution in [0.25, 0.3) is 0 Å². The summed E-state index contributed by atoms with van der Waals surface area (Å²) in [7, 11) is 0. The lowest BCUT2D eigenvalue weighted by Gasteiger charge is -2.52. The van der Waals surface area contributed by atoms with Crippen molar-refractivity contribution in [3.05, 3.63) is 12.2 Å². The molecule has 3 saturated carbocycles. The van der Waals surface area contributed by atoms with Gasteiger partial charge >= 0.3 is 0 Å². The van der Waals surface area contributed by atoms with E-state index in [1.807, 2.05) is 0 Å². The van der Waals surface area contributed by atoms with Gasteiger partial charge in [-0.25, -0.2) is 0 Å². The molecule has 0 radical (unpaired) electrons. The Bertz CT molecular complexity index is 346. The highest BCUT2D eigenvalue weighted by atomic mass is 14.7. The van der Waals surface area contributed by atoms with Crippen molar-refractivity contribution in [3.63, 3.8) is 0 Å². The molecule has 0 heterocycles. The molecule has 0 aromatic carbocycles. The predicted octanol–water partition coefficient (Wildman–Crippen LogP) is 3.74. The second kappa shape index (κ2) is 4.37. The predicted molar refractivity (Wildman–Crippen MR) is 75.0 cm³/mol. The van der Waals surface area contributed by atoms with Crippen LogP contribution in [0.4, 0.5) is 0 Å². The lowest BCUT2D eigenvalue weighted by Crippen LogP contribution is -2.46. The molecule has 0 saturated heterocycles. The zero-order valence-corrected chi connectivity index (χ0v) is 11.4. The van der Waals surface area contributed by atoms with Gasteiger partial charge in [-0.1, -0.05) is 12.2 Å². The normalized spacial score (nSPS) is 54.6. The minimum atomic E-state index is 0.518. The fourth-order valence-electron chi connectivity index (χ4n) is 6.00. The number of hydrogen-bond acceptors (Lipinski definition) is 1. The van der Waals surface area contributed by atoms with Gasteiger partial charge in [0.15, 0.2) is 0 Å². The Kier molecular flexibility index (Phi) is 2.80. The van der Waals surface area contributed by atoms with Crippen molar-refractivity contribution in [2.45, 2.75) is 57.4 Å². The first-order valence-corrected chi connectivity index (χ1v) is 8.25. The Morgan fingerprint density at radius 1 is 0.778 bits per heavy atom. The summed E-state index contributed by atoms with van der Waals surface area (Å²) in [4.78, 5) is 0. The van der Waals surface area contributed by atoms with Crippen molar-refractivity contribution in [1.29, 1.82) is 0 Å². The van der Waals surface area contributed by atoms with Gasteiger partial charge < -0.3 is 5.73 Å². The molecule has 7 atom stereocenters. The molecule has 18 heavy (non-hydrogen) atoms. The quantitative estimate of drug-likeness (QED) is 0.646. The van der Waals surface area contributed by atoms with E-state index in [0.29, 0.717) is 6.04 Å². The maximum atomic E-state index is 6.26. The van der Waals surface area contributed by atoms with E-state index < -0.39 is 0 Å². The van der Waals surface area contributed by atoms with Crippen molar-refractivity contribution in [2.75, 3.05) is 0 Å². The molecule has 7 unspecified atom stereocenters. The molecule has 0 aromatic heterocycles. The van der Waals surface area contributed by atoms with Crippen molar-refractivity contribution in [3.8, 4) is 0 Å². The molecule has 0 bridgehead atoms. The SMILES string of the molecule is NC1CCC2CCC3C4CC=CC4CCC3C2C1. The summed E-state index contributed by atoms with van der Waals surface area (Å²) in [5.74, 6) is 6.08. The molecule has 0 amide bonds. The number of fused-ring (bicyclic) bond motifs is 5. The molecular formula is C17H27N. The van der Waals surface area contributed by atoms with Crippen LogP contribution in [-0.2, 0) is 0 Å². The first-order valence-electron chi connectivity index (χ1n) is 8.25. The van der Waals surface area contributed by atoms with Crippen LogP contribution in [0.2, 0.25) is 0 Å². The molecule has 4 aliphatic rings. The van der Waals surface area contributed by atoms with Gasteiger partial charge in [0.05, 0.1) is 0 Å². The fourth-order valence-corrected chi connectivity index (χ4v) is 6.00. The molecule has 0 spiro atoms. The first kappa shape index (κ1) is 11.5. The summed E-state index contributed by atoms with van der Waals surface area (Å²) in [6, 6.07) is 0.518. The Balaban J connectivity index is 1.56. The summed E-state index contributed by atoms with van der Waals surface area (Å²) in [6.45, 7) is 0. The van der Waals surface area contributed by atoms with E-state index >= 15 is 0 Å². The van der Waals surface area contributed by atoms with E-state index in [1.165, 1.54) is 51.4 Å². The van der Waals surface area contributed by atoms with Gasteiger partial charge in [0.25, 0.3) is 0 Å². The van der Waals surface area contributed by atoms with E-state index in [2.05, 4.69) is 12.2 Å². The Hall–Kier alpha value is -0.300. The van der Waals surface area contributed by atoms with Crippen molar-refractivity contribution >= 4 is 0 Å². The Labute approximate surface area is 111 Å². The molecule has 100 valence electrons. The second-order valence-electron chi connectivity index (χ2n) is 7.47. The highest BCUT2D eigenvalue weighted by Crippen LogP contribution is 2.56. The third kappa shape index (κ3) is 1.70. The highest BCUT2D eigenvalue weighted by Gasteiger charge is 2.48. The van der Waals surface area contributed by atoms with Crippen molar-refractivity contribution in [2.24, 2.45) is 41.2 Å². The number of rotatable bonds is 0. The third-order valence-corrected chi connectivity index (χ3v) is 6.78. The zero-order chi connectivity index (χ0) is 12.1. The van der Waals surface area contributed by atoms with Crippen LogP contribution < -0.4 is 5.73 Å². The minimum Gasteiger partial charge on any atom is -0.328 e. The molecule has 1 nitrogen and oxygen atoms in total. The third-order valence-electron chi connectivity index (χ3n) is 6.78. The van der Waals surface area contributed by atoms with Gasteiger partial charge in [-0.2, -0.15) is 0 Å². The van der Waals surface area contributed by atoms with Gasteiger partial charge in [0, 0.05) is 6.04 Å². The van der Waals surface area contributed by atoms with E-state index in [0.717, 1.165) is 35.5 Å². The fraction of sp³-hybridized carbons (Fsp3) is 0.882. The molecule has 0 aliphatic heterocycles. The lowest BCUT2D eigenvalue weighted by atomic mass is 9.53. The number of nitrogens with two attached hydrogens (primary N) is 1. The summed E-state index contributed by atoms with van der Waals surface area (Å²) < 4.78 is 0. The molecule has 3 fully saturated rings. The van der Waals surface area contributed by atoms with Crippen molar-refractivity contribution < 1.29 is 0 Å². The van der Waals surface area contributed by atoms with E-state index in [-0.39, 0.29) is 0 Å². The van der Waals surface area contributed by atoms with Crippen molar-refractivity contribution in [1.82, 2.24) is 0 Å². The first-order chi connectivity index (χ1) is 8.83. The summed E-state index contributed by atoms with van der Waals surface area (Å²) in [5, 5.41) is 0. The maximum absolute atomic E-state index is 6.26. The maximum Gasteiger partial charge on any atom is 0.00417 e. The summed E-state index contributed by atoms with van der Waals surface area (Å²) in [5.41, 5.74) is 6.26. The van der Waals surface area contributed by atoms with Crippen LogP contribution in [0.15, 0.2) is 12.2 Å². The average molecular weight is 245 g/mol. The van der Waals surface area contributed by atoms with Crippen LogP contribution in [0.3, 0.4) is 0 Å². The molecule has 1 heteroatoms. The topological polar surface area (TPSA) is 26.0 Å². The Morgan fingerprint density at radius 2 is 1.56 bits per heavy atom. The molecule has 2 N–H and O–H groups in total. The van der Waals surface area contributed by atoms with Crippen LogP contribution in [0, 0.1) is 35.5 Å². The molecular weight excluding hydrogens is 218 g/mol. The standard InChI is InChI=1S/C17H27N/c18-13-7-4-12-6-8-15-14-3-1-2-11(14)5-9-16(15)17(12)10-13/h1-2,11-17H,3-10,18H2. The van der Waals surface area contributed by atoms with Crippen LogP contribution in [0.1, 0.15) is 51.4 Å². The minimum absolute atomic E-state index is 0.518. The average Bonchev–Trinajstić information content (AvgIpc) is 2.86. The molecule has 4 rings (SSSR count). The van der Waals surface area contributed by atoms with Gasteiger partial charge in [-0.05, 0) is 86.9 Å². The lowest BCUT2D eigenvalue weighted by molar-refractivity contribution is -0.0176. The Morgan fingerprint density at radius 3 is 2.50 bits per heavy atom. The highest BCUT2D eigenvalue weighted by molar-refractivity contribution is 5.08. The van der Waals surface area contributed by atoms with E-state index in [4.69, 9.17) is 5.73 Å². The smallest absolute Gasteiger partial charge is 0.00417 e. The van der Waals surface area contributed by atoms with Gasteiger partial charge in [-0.15, -0.1) is 0 Å². The van der Waals surface area contributed by atoms with Gasteiger partial charge in [0.1, 0.15) is 0 Å². The van der Waals surface area contributed by atoms with Crippen LogP contribution >= 0.6 is 0 Å². The van der Waals surface area contributed by atoms with Gasteiger partial charge in [0.2, 0.25) is 0 Å². The van der Waals surface area contributed by atoms with Crippen LogP contribution in [0.5, 0.6) is 0 Å². The summed E-state index contributed by atoms with van der Waals surface area (Å²) >= 11 is 0. The molecule has 4 aliphatic carbocycles.